The Morgan fingerprint density at radius 1 is 1.25 bits per heavy atom. The molecule has 0 rings (SSSR count). The molecular formula is C11H19N. The van der Waals surface area contributed by atoms with Crippen molar-refractivity contribution < 1.29 is 0 Å². The molecule has 0 unspecified atom stereocenters. The molecule has 0 bridgehead atoms. The third kappa shape index (κ3) is 7.26. The minimum Gasteiger partial charge on any atom is -0.263 e. The lowest BCUT2D eigenvalue weighted by atomic mass is 10.2. The van der Waals surface area contributed by atoms with Gasteiger partial charge in [-0.2, -0.15) is 0 Å². The molecule has 0 aromatic carbocycles. The van der Waals surface area contributed by atoms with Crippen molar-refractivity contribution in [3.63, 3.8) is 0 Å². The van der Waals surface area contributed by atoms with Gasteiger partial charge in [0, 0.05) is 11.4 Å². The molecule has 0 aromatic heterocycles. The first-order valence-corrected chi connectivity index (χ1v) is 4.35. The van der Waals surface area contributed by atoms with Gasteiger partial charge in [-0.15, -0.1) is 6.58 Å². The lowest BCUT2D eigenvalue weighted by Crippen LogP contribution is -1.81. The van der Waals surface area contributed by atoms with Crippen molar-refractivity contribution in [1.29, 1.82) is 0 Å². The Kier molecular flexibility index (Phi) is 5.35. The molecule has 0 N–H and O–H groups in total. The van der Waals surface area contributed by atoms with Crippen LogP contribution in [0.3, 0.4) is 0 Å². The second-order valence-corrected chi connectivity index (χ2v) is 3.40. The van der Waals surface area contributed by atoms with Crippen molar-refractivity contribution in [2.45, 2.75) is 40.5 Å². The van der Waals surface area contributed by atoms with E-state index in [-0.39, 0.29) is 0 Å². The van der Waals surface area contributed by atoms with E-state index >= 15 is 0 Å². The van der Waals surface area contributed by atoms with Gasteiger partial charge < -0.3 is 0 Å². The number of allylic oxidation sites excluding steroid dienone is 3. The Balaban J connectivity index is 3.85. The first-order valence-electron chi connectivity index (χ1n) is 4.35. The lowest BCUT2D eigenvalue weighted by Gasteiger charge is -1.96. The molecule has 0 saturated heterocycles. The smallest absolute Gasteiger partial charge is 0.0332 e. The summed E-state index contributed by atoms with van der Waals surface area (Å²) in [5.41, 5.74) is 3.45. The minimum absolute atomic E-state index is 1.05. The predicted octanol–water partition coefficient (Wildman–Crippen LogP) is 3.73. The molecule has 0 aliphatic heterocycles. The van der Waals surface area contributed by atoms with Gasteiger partial charge >= 0.3 is 0 Å². The fourth-order valence-corrected chi connectivity index (χ4v) is 0.926. The average Bonchev–Trinajstić information content (AvgIpc) is 1.84. The van der Waals surface area contributed by atoms with Crippen molar-refractivity contribution in [3.8, 4) is 0 Å². The van der Waals surface area contributed by atoms with E-state index in [1.807, 2.05) is 20.8 Å². The highest BCUT2D eigenvalue weighted by Gasteiger charge is 1.86. The van der Waals surface area contributed by atoms with Crippen LogP contribution in [0.25, 0.3) is 0 Å². The molecule has 0 saturated carbocycles. The molecule has 1 heteroatoms. The van der Waals surface area contributed by atoms with E-state index < -0.39 is 0 Å². The maximum absolute atomic E-state index is 4.32. The third-order valence-electron chi connectivity index (χ3n) is 1.41. The summed E-state index contributed by atoms with van der Waals surface area (Å²) in [4.78, 5) is 4.32. The molecule has 0 atom stereocenters. The summed E-state index contributed by atoms with van der Waals surface area (Å²) < 4.78 is 0. The van der Waals surface area contributed by atoms with Crippen molar-refractivity contribution in [2.75, 3.05) is 0 Å². The zero-order valence-corrected chi connectivity index (χ0v) is 8.65. The second-order valence-electron chi connectivity index (χ2n) is 3.40. The van der Waals surface area contributed by atoms with Crippen LogP contribution in [0.2, 0.25) is 0 Å². The number of aliphatic imine (C=N–C) groups is 1. The van der Waals surface area contributed by atoms with Crippen LogP contribution in [0.5, 0.6) is 0 Å². The van der Waals surface area contributed by atoms with Crippen molar-refractivity contribution in [2.24, 2.45) is 4.99 Å². The normalized spacial score (nSPS) is 11.2. The van der Waals surface area contributed by atoms with E-state index in [0.717, 1.165) is 24.3 Å². The Labute approximate surface area is 75.9 Å². The highest BCUT2D eigenvalue weighted by atomic mass is 14.7. The van der Waals surface area contributed by atoms with Crippen LogP contribution in [0.1, 0.15) is 40.5 Å². The zero-order valence-electron chi connectivity index (χ0n) is 8.65. The number of rotatable bonds is 4. The topological polar surface area (TPSA) is 12.4 Å². The number of hydrogen-bond acceptors (Lipinski definition) is 1. The standard InChI is InChI=1S/C11H19N/c1-9(2)7-6-8-11(5)12-10(3)4/h8H,1,6-7H2,2-5H3/b11-8-. The number of nitrogens with zero attached hydrogens (tertiary/aromatic N) is 1. The first kappa shape index (κ1) is 11.2. The summed E-state index contributed by atoms with van der Waals surface area (Å²) >= 11 is 0. The molecule has 0 aliphatic carbocycles. The zero-order chi connectivity index (χ0) is 9.56. The molecule has 0 radical (unpaired) electrons. The van der Waals surface area contributed by atoms with E-state index in [2.05, 4.69) is 24.6 Å². The van der Waals surface area contributed by atoms with Gasteiger partial charge in [-0.3, -0.25) is 4.99 Å². The van der Waals surface area contributed by atoms with E-state index in [9.17, 15) is 0 Å². The van der Waals surface area contributed by atoms with E-state index in [1.165, 1.54) is 5.57 Å². The van der Waals surface area contributed by atoms with Crippen LogP contribution in [0.15, 0.2) is 28.9 Å². The maximum atomic E-state index is 4.32. The molecule has 12 heavy (non-hydrogen) atoms. The molecule has 68 valence electrons. The summed E-state index contributed by atoms with van der Waals surface area (Å²) in [6.07, 6.45) is 4.27. The molecule has 0 heterocycles. The van der Waals surface area contributed by atoms with Gasteiger partial charge in [0.2, 0.25) is 0 Å². The Bertz CT molecular complexity index is 205. The Morgan fingerprint density at radius 3 is 2.25 bits per heavy atom. The first-order chi connectivity index (χ1) is 5.52. The van der Waals surface area contributed by atoms with Gasteiger partial charge in [0.1, 0.15) is 0 Å². The summed E-state index contributed by atoms with van der Waals surface area (Å²) in [6.45, 7) is 12.0. The molecular weight excluding hydrogens is 146 g/mol. The van der Waals surface area contributed by atoms with Crippen molar-refractivity contribution in [1.82, 2.24) is 0 Å². The molecule has 1 nitrogen and oxygen atoms in total. The molecule has 0 aliphatic rings. The molecule has 0 amide bonds. The van der Waals surface area contributed by atoms with Gasteiger partial charge in [-0.25, -0.2) is 0 Å². The van der Waals surface area contributed by atoms with Crippen LogP contribution in [-0.2, 0) is 0 Å². The van der Waals surface area contributed by atoms with Gasteiger partial charge in [0.05, 0.1) is 0 Å². The van der Waals surface area contributed by atoms with E-state index in [4.69, 9.17) is 0 Å². The average molecular weight is 165 g/mol. The Morgan fingerprint density at radius 2 is 1.83 bits per heavy atom. The summed E-state index contributed by atoms with van der Waals surface area (Å²) in [5, 5.41) is 0. The fourth-order valence-electron chi connectivity index (χ4n) is 0.926. The minimum atomic E-state index is 1.05. The maximum Gasteiger partial charge on any atom is 0.0332 e. The van der Waals surface area contributed by atoms with Gasteiger partial charge in [-0.1, -0.05) is 11.6 Å². The van der Waals surface area contributed by atoms with Crippen LogP contribution in [-0.4, -0.2) is 5.71 Å². The molecule has 0 fully saturated rings. The van der Waals surface area contributed by atoms with Gasteiger partial charge in [-0.05, 0) is 40.5 Å². The fraction of sp³-hybridized carbons (Fsp3) is 0.545. The van der Waals surface area contributed by atoms with Crippen molar-refractivity contribution in [3.05, 3.63) is 23.9 Å². The molecule has 0 aromatic rings. The van der Waals surface area contributed by atoms with Crippen LogP contribution >= 0.6 is 0 Å². The van der Waals surface area contributed by atoms with Crippen LogP contribution in [0.4, 0.5) is 0 Å². The van der Waals surface area contributed by atoms with E-state index in [1.54, 1.807) is 0 Å². The second kappa shape index (κ2) is 5.76. The van der Waals surface area contributed by atoms with Crippen molar-refractivity contribution >= 4 is 5.71 Å². The third-order valence-corrected chi connectivity index (χ3v) is 1.41. The highest BCUT2D eigenvalue weighted by Crippen LogP contribution is 2.05. The molecule has 0 spiro atoms. The van der Waals surface area contributed by atoms with Crippen LogP contribution in [0, 0.1) is 0 Å². The monoisotopic (exact) mass is 165 g/mol. The predicted molar refractivity (Wildman–Crippen MR) is 56.6 cm³/mol. The summed E-state index contributed by atoms with van der Waals surface area (Å²) in [6, 6.07) is 0. The SMILES string of the molecule is C=C(C)CC/C=C(/C)N=C(C)C. The van der Waals surface area contributed by atoms with Gasteiger partial charge in [0.15, 0.2) is 0 Å². The Hall–Kier alpha value is -0.850. The quantitative estimate of drug-likeness (QED) is 0.444. The largest absolute Gasteiger partial charge is 0.263 e. The lowest BCUT2D eigenvalue weighted by molar-refractivity contribution is 0.969. The summed E-state index contributed by atoms with van der Waals surface area (Å²) in [5.74, 6) is 0. The highest BCUT2D eigenvalue weighted by molar-refractivity contribution is 5.80. The number of hydrogen-bond donors (Lipinski definition) is 0. The van der Waals surface area contributed by atoms with Gasteiger partial charge in [0.25, 0.3) is 0 Å². The summed E-state index contributed by atoms with van der Waals surface area (Å²) in [7, 11) is 0. The van der Waals surface area contributed by atoms with Crippen LogP contribution < -0.4 is 0 Å². The van der Waals surface area contributed by atoms with E-state index in [0.29, 0.717) is 0 Å².